The molecule has 1 aromatic carbocycles. The van der Waals surface area contributed by atoms with Gasteiger partial charge in [-0.05, 0) is 43.5 Å². The molecule has 2 aromatic heterocycles. The number of pyridine rings is 1. The number of aromatic amines is 1. The zero-order valence-electron chi connectivity index (χ0n) is 17.8. The van der Waals surface area contributed by atoms with E-state index in [2.05, 4.69) is 15.3 Å². The van der Waals surface area contributed by atoms with E-state index in [1.165, 1.54) is 9.47 Å². The molecule has 1 unspecified atom stereocenters. The van der Waals surface area contributed by atoms with E-state index in [9.17, 15) is 19.2 Å². The third kappa shape index (κ3) is 3.81. The van der Waals surface area contributed by atoms with Crippen molar-refractivity contribution < 1.29 is 19.1 Å². The van der Waals surface area contributed by atoms with E-state index in [4.69, 9.17) is 9.47 Å². The van der Waals surface area contributed by atoms with Crippen molar-refractivity contribution in [3.05, 3.63) is 56.7 Å². The molecule has 0 radical (unpaired) electrons. The molecule has 2 aliphatic rings. The van der Waals surface area contributed by atoms with Crippen LogP contribution >= 0.6 is 0 Å². The quantitative estimate of drug-likeness (QED) is 0.600. The zero-order chi connectivity index (χ0) is 23.1. The van der Waals surface area contributed by atoms with E-state index in [1.807, 2.05) is 13.0 Å². The Bertz CT molecular complexity index is 1390. The molecule has 2 N–H and O–H groups in total. The Labute approximate surface area is 186 Å². The molecule has 4 heterocycles. The molecule has 2 amide bonds. The molecule has 3 aromatic rings. The van der Waals surface area contributed by atoms with Crippen LogP contribution in [0.1, 0.15) is 18.4 Å². The number of nitrogens with zero attached hydrogens (tertiary/aromatic N) is 3. The molecular formula is C22H21N5O6. The fourth-order valence-electron chi connectivity index (χ4n) is 4.07. The van der Waals surface area contributed by atoms with Crippen LogP contribution in [0, 0.1) is 6.92 Å². The van der Waals surface area contributed by atoms with Gasteiger partial charge in [0.15, 0.2) is 18.2 Å². The number of amides is 2. The number of rotatable bonds is 5. The first kappa shape index (κ1) is 20.7. The van der Waals surface area contributed by atoms with Gasteiger partial charge >= 0.3 is 11.8 Å². The van der Waals surface area contributed by atoms with Gasteiger partial charge in [-0.2, -0.15) is 0 Å². The number of carbonyl (C=O) groups excluding carboxylic acids is 2. The molecule has 0 spiro atoms. The van der Waals surface area contributed by atoms with Gasteiger partial charge in [-0.3, -0.25) is 19.1 Å². The van der Waals surface area contributed by atoms with Crippen LogP contribution in [0.15, 0.2) is 39.9 Å². The lowest BCUT2D eigenvalue weighted by Crippen LogP contribution is -2.35. The first-order valence-electron chi connectivity index (χ1n) is 10.5. The maximum atomic E-state index is 12.8. The van der Waals surface area contributed by atoms with Crippen LogP contribution in [0.25, 0.3) is 10.9 Å². The van der Waals surface area contributed by atoms with Gasteiger partial charge in [0.25, 0.3) is 11.5 Å². The van der Waals surface area contributed by atoms with Crippen molar-refractivity contribution in [2.24, 2.45) is 0 Å². The van der Waals surface area contributed by atoms with Crippen LogP contribution in [-0.4, -0.2) is 45.8 Å². The fraction of sp³-hybridized carbons (Fsp3) is 0.318. The molecule has 2 aliphatic heterocycles. The molecule has 1 atom stereocenters. The van der Waals surface area contributed by atoms with Gasteiger partial charge in [-0.15, -0.1) is 0 Å². The lowest BCUT2D eigenvalue weighted by Gasteiger charge is -2.19. The van der Waals surface area contributed by atoms with Crippen molar-refractivity contribution in [2.45, 2.75) is 32.4 Å². The monoisotopic (exact) mass is 451 g/mol. The number of aryl methyl sites for hydroxylation is 1. The number of fused-ring (bicyclic) bond motifs is 2. The first-order valence-corrected chi connectivity index (χ1v) is 10.5. The highest BCUT2D eigenvalue weighted by atomic mass is 16.6. The van der Waals surface area contributed by atoms with Crippen LogP contribution in [0.2, 0.25) is 0 Å². The molecule has 1 saturated heterocycles. The van der Waals surface area contributed by atoms with Crippen molar-refractivity contribution in [1.82, 2.24) is 14.5 Å². The van der Waals surface area contributed by atoms with Crippen molar-refractivity contribution in [3.8, 4) is 5.75 Å². The van der Waals surface area contributed by atoms with Crippen LogP contribution < -0.4 is 26.2 Å². The van der Waals surface area contributed by atoms with E-state index in [1.54, 1.807) is 24.3 Å². The number of H-pyrrole nitrogens is 1. The lowest BCUT2D eigenvalue weighted by molar-refractivity contribution is -0.118. The van der Waals surface area contributed by atoms with E-state index in [0.29, 0.717) is 35.3 Å². The molecule has 0 saturated carbocycles. The van der Waals surface area contributed by atoms with Crippen LogP contribution in [-0.2, 0) is 16.1 Å². The summed E-state index contributed by atoms with van der Waals surface area (Å²) in [6.45, 7) is 2.22. The summed E-state index contributed by atoms with van der Waals surface area (Å²) in [5, 5.41) is 3.07. The van der Waals surface area contributed by atoms with Gasteiger partial charge in [-0.1, -0.05) is 12.1 Å². The average Bonchev–Trinajstić information content (AvgIpc) is 3.16. The minimum atomic E-state index is -0.549. The second-order valence-corrected chi connectivity index (χ2v) is 8.00. The number of aromatic nitrogens is 3. The van der Waals surface area contributed by atoms with E-state index >= 15 is 0 Å². The van der Waals surface area contributed by atoms with E-state index in [0.717, 1.165) is 5.56 Å². The van der Waals surface area contributed by atoms with Gasteiger partial charge in [0.1, 0.15) is 11.9 Å². The summed E-state index contributed by atoms with van der Waals surface area (Å²) in [5.41, 5.74) is 0.566. The van der Waals surface area contributed by atoms with Crippen LogP contribution in [0.5, 0.6) is 5.75 Å². The third-order valence-electron chi connectivity index (χ3n) is 5.74. The average molecular weight is 451 g/mol. The summed E-state index contributed by atoms with van der Waals surface area (Å²) in [4.78, 5) is 57.5. The molecule has 11 nitrogen and oxygen atoms in total. The van der Waals surface area contributed by atoms with Gasteiger partial charge < -0.3 is 19.8 Å². The molecule has 0 aliphatic carbocycles. The van der Waals surface area contributed by atoms with Crippen molar-refractivity contribution in [3.63, 3.8) is 0 Å². The van der Waals surface area contributed by atoms with Crippen molar-refractivity contribution in [2.75, 3.05) is 23.4 Å². The number of hydrogen-bond donors (Lipinski definition) is 2. The smallest absolute Gasteiger partial charge is 0.415 e. The molecular weight excluding hydrogens is 430 g/mol. The highest BCUT2D eigenvalue weighted by Gasteiger charge is 2.33. The summed E-state index contributed by atoms with van der Waals surface area (Å²) in [6, 6.07) is 8.56. The predicted octanol–water partition coefficient (Wildman–Crippen LogP) is 1.53. The summed E-state index contributed by atoms with van der Waals surface area (Å²) in [6.07, 6.45) is -0.0383. The van der Waals surface area contributed by atoms with Gasteiger partial charge in [0.05, 0.1) is 17.4 Å². The highest BCUT2D eigenvalue weighted by molar-refractivity contribution is 5.95. The Balaban J connectivity index is 1.26. The van der Waals surface area contributed by atoms with Crippen molar-refractivity contribution in [1.29, 1.82) is 0 Å². The van der Waals surface area contributed by atoms with Gasteiger partial charge in [0, 0.05) is 6.54 Å². The normalized spacial score (nSPS) is 17.5. The van der Waals surface area contributed by atoms with Gasteiger partial charge in [-0.25, -0.2) is 14.6 Å². The minimum Gasteiger partial charge on any atom is -0.480 e. The Kier molecular flexibility index (Phi) is 5.08. The Morgan fingerprint density at radius 3 is 2.85 bits per heavy atom. The Hall–Kier alpha value is -4.15. The molecule has 11 heteroatoms. The number of cyclic esters (lactones) is 1. The van der Waals surface area contributed by atoms with Crippen LogP contribution in [0.4, 0.5) is 16.4 Å². The highest BCUT2D eigenvalue weighted by Crippen LogP contribution is 2.30. The molecule has 1 fully saturated rings. The minimum absolute atomic E-state index is 0.0788. The first-order chi connectivity index (χ1) is 15.9. The standard InChI is InChI=1S/C22H21N5O6/c1-12-4-2-6-14-18(12)25-21(30)26(20(14)29)9-3-5-13-10-27(22(31)33-13)16-8-7-15-19(23-16)24-17(28)11-32-15/h2,4,6-8,13H,3,5,9-11H2,1H3,(H,25,30)(H,23,24,28). The number of benzene rings is 1. The molecule has 170 valence electrons. The number of para-hydroxylation sites is 1. The number of hydrogen-bond acceptors (Lipinski definition) is 7. The SMILES string of the molecule is Cc1cccc2c(=O)n(CCCC3CN(c4ccc5c(n4)NC(=O)CO5)C(=O)O3)c(=O)[nH]c12. The Morgan fingerprint density at radius 1 is 1.15 bits per heavy atom. The predicted molar refractivity (Wildman–Crippen MR) is 119 cm³/mol. The molecule has 33 heavy (non-hydrogen) atoms. The van der Waals surface area contributed by atoms with Crippen molar-refractivity contribution >= 4 is 34.5 Å². The van der Waals surface area contributed by atoms with Crippen LogP contribution in [0.3, 0.4) is 0 Å². The largest absolute Gasteiger partial charge is 0.480 e. The topological polar surface area (TPSA) is 136 Å². The van der Waals surface area contributed by atoms with E-state index in [-0.39, 0.29) is 37.0 Å². The fourth-order valence-corrected chi connectivity index (χ4v) is 4.07. The summed E-state index contributed by atoms with van der Waals surface area (Å²) in [7, 11) is 0. The maximum absolute atomic E-state index is 12.8. The number of ether oxygens (including phenoxy) is 2. The summed E-state index contributed by atoms with van der Waals surface area (Å²) in [5.74, 6) is 0.710. The third-order valence-corrected chi connectivity index (χ3v) is 5.74. The number of nitrogens with one attached hydrogen (secondary N) is 2. The number of carbonyl (C=O) groups is 2. The maximum Gasteiger partial charge on any atom is 0.415 e. The number of anilines is 2. The lowest BCUT2D eigenvalue weighted by atomic mass is 10.1. The Morgan fingerprint density at radius 2 is 2.00 bits per heavy atom. The summed E-state index contributed by atoms with van der Waals surface area (Å²) >= 11 is 0. The second-order valence-electron chi connectivity index (χ2n) is 8.00. The van der Waals surface area contributed by atoms with Gasteiger partial charge in [0.2, 0.25) is 0 Å². The molecule has 0 bridgehead atoms. The summed E-state index contributed by atoms with van der Waals surface area (Å²) < 4.78 is 11.9. The molecule has 5 rings (SSSR count). The second kappa shape index (κ2) is 8.08. The zero-order valence-corrected chi connectivity index (χ0v) is 17.8. The van der Waals surface area contributed by atoms with E-state index < -0.39 is 17.9 Å².